The van der Waals surface area contributed by atoms with E-state index in [1.807, 2.05) is 24.4 Å². The average molecular weight is 995 g/mol. The normalized spacial score (nSPS) is 13.1. The van der Waals surface area contributed by atoms with Gasteiger partial charge in [0.05, 0.1) is 0 Å². The third kappa shape index (κ3) is 7.97. The van der Waals surface area contributed by atoms with Crippen molar-refractivity contribution in [2.45, 2.75) is 92.4 Å². The Kier molecular flexibility index (Phi) is 11.0. The molecule has 1 aliphatic rings. The molecule has 0 saturated carbocycles. The number of aryl methyl sites for hydroxylation is 2. The van der Waals surface area contributed by atoms with Gasteiger partial charge in [-0.1, -0.05) is 116 Å². The number of hydrogen-bond acceptors (Lipinski definition) is 4. The van der Waals surface area contributed by atoms with Crippen molar-refractivity contribution >= 4 is 44.6 Å². The Bertz CT molecular complexity index is 2950. The topological polar surface area (TPSA) is 33.5 Å². The second kappa shape index (κ2) is 15.9. The van der Waals surface area contributed by atoms with Gasteiger partial charge in [0.1, 0.15) is 5.82 Å². The minimum absolute atomic E-state index is 0. The van der Waals surface area contributed by atoms with Gasteiger partial charge >= 0.3 is 0 Å². The van der Waals surface area contributed by atoms with Crippen LogP contribution in [0, 0.1) is 32.6 Å². The first kappa shape index (κ1) is 43.0. The monoisotopic (exact) mass is 994 g/mol. The van der Waals surface area contributed by atoms with Crippen LogP contribution in [0.5, 0.6) is 11.5 Å². The van der Waals surface area contributed by atoms with Gasteiger partial charge in [-0.05, 0) is 117 Å². The molecular formula is C56H55N4OPt-3. The molecule has 62 heavy (non-hydrogen) atoms. The predicted octanol–water partition coefficient (Wildman–Crippen LogP) is 15.2. The van der Waals surface area contributed by atoms with E-state index >= 15 is 0 Å². The van der Waals surface area contributed by atoms with Gasteiger partial charge in [-0.3, -0.25) is 0 Å². The number of fused-ring (bicyclic) bond motifs is 4. The maximum atomic E-state index is 6.67. The summed E-state index contributed by atoms with van der Waals surface area (Å²) in [5.74, 6) is 2.05. The van der Waals surface area contributed by atoms with E-state index in [2.05, 4.69) is 212 Å². The maximum Gasteiger partial charge on any atom is 0.136 e. The van der Waals surface area contributed by atoms with E-state index in [1.165, 1.54) is 33.4 Å². The molecule has 2 aromatic heterocycles. The molecule has 0 atom stereocenters. The number of aromatic nitrogens is 2. The summed E-state index contributed by atoms with van der Waals surface area (Å²) < 4.78 is 8.92. The fraction of sp³-hybridized carbons (Fsp3) is 0.250. The summed E-state index contributed by atoms with van der Waals surface area (Å²) in [5.41, 5.74) is 15.1. The first-order valence-electron chi connectivity index (χ1n) is 21.4. The van der Waals surface area contributed by atoms with E-state index in [9.17, 15) is 0 Å². The van der Waals surface area contributed by atoms with Gasteiger partial charge in [0.15, 0.2) is 0 Å². The van der Waals surface area contributed by atoms with Crippen molar-refractivity contribution < 1.29 is 25.8 Å². The standard InChI is InChI=1S/C56H55N4O.Pt/c1-36-28-41(56(9,10)11)29-37(2)53(36)38-26-27-57-52(30-38)60-50-32-40(55(6,7)8)22-24-46(50)47-25-23-45(34-51(47)60)61-44-19-15-18-43(33-44)59-35-58(48-20-12-13-21-49(48)59)42-17-14-16-39(31-42)54(3,4)5;/h12-32,35H,1-11H3;/q-3;. The van der Waals surface area contributed by atoms with Crippen molar-refractivity contribution in [2.75, 3.05) is 9.80 Å². The van der Waals surface area contributed by atoms with E-state index in [4.69, 9.17) is 9.72 Å². The van der Waals surface area contributed by atoms with E-state index in [0.29, 0.717) is 11.5 Å². The molecule has 6 aromatic carbocycles. The molecule has 0 spiro atoms. The number of para-hydroxylation sites is 2. The van der Waals surface area contributed by atoms with Crippen LogP contribution in [0.2, 0.25) is 0 Å². The van der Waals surface area contributed by atoms with Gasteiger partial charge in [0, 0.05) is 61.3 Å². The molecule has 0 saturated heterocycles. The molecule has 8 aromatic rings. The van der Waals surface area contributed by atoms with Crippen LogP contribution in [0.15, 0.2) is 128 Å². The molecule has 0 fully saturated rings. The van der Waals surface area contributed by atoms with Crippen LogP contribution in [-0.4, -0.2) is 9.55 Å². The quantitative estimate of drug-likeness (QED) is 0.155. The molecular weight excluding hydrogens is 940 g/mol. The van der Waals surface area contributed by atoms with Crippen molar-refractivity contribution in [1.29, 1.82) is 0 Å². The zero-order valence-corrected chi connectivity index (χ0v) is 40.0. The Morgan fingerprint density at radius 2 is 1.19 bits per heavy atom. The van der Waals surface area contributed by atoms with Crippen LogP contribution in [0.4, 0.5) is 22.7 Å². The van der Waals surface area contributed by atoms with Crippen LogP contribution in [-0.2, 0) is 37.3 Å². The molecule has 6 heteroatoms. The SMILES string of the molecule is Cc1cc(C(C)(C)C)cc(C)c1-c1ccnc(-n2c3[c-]c(Oc4[c-]c(N5[CH-]N(c6cccc(C(C)(C)C)c6)c6ccccc65)ccc4)ccc3c3ccc(C(C)(C)C)cc32)c1.[Pt]. The summed E-state index contributed by atoms with van der Waals surface area (Å²) >= 11 is 0. The van der Waals surface area contributed by atoms with Crippen molar-refractivity contribution in [3.05, 3.63) is 174 Å². The third-order valence-electron chi connectivity index (χ3n) is 12.0. The van der Waals surface area contributed by atoms with Gasteiger partial charge in [0.2, 0.25) is 0 Å². The summed E-state index contributed by atoms with van der Waals surface area (Å²) in [6.07, 6.45) is 1.93. The summed E-state index contributed by atoms with van der Waals surface area (Å²) in [7, 11) is 0. The van der Waals surface area contributed by atoms with Gasteiger partial charge in [-0.25, -0.2) is 4.98 Å². The van der Waals surface area contributed by atoms with E-state index in [-0.39, 0.29) is 37.3 Å². The summed E-state index contributed by atoms with van der Waals surface area (Å²) in [6.45, 7) is 26.9. The molecule has 9 rings (SSSR count). The number of pyridine rings is 1. The first-order valence-corrected chi connectivity index (χ1v) is 21.4. The van der Waals surface area contributed by atoms with Crippen molar-refractivity contribution in [1.82, 2.24) is 9.55 Å². The summed E-state index contributed by atoms with van der Waals surface area (Å²) in [4.78, 5) is 9.47. The van der Waals surface area contributed by atoms with Crippen LogP contribution in [0.25, 0.3) is 38.8 Å². The molecule has 1 aliphatic heterocycles. The summed E-state index contributed by atoms with van der Waals surface area (Å²) in [6, 6.07) is 50.6. The van der Waals surface area contributed by atoms with Gasteiger partial charge in [0.25, 0.3) is 0 Å². The van der Waals surface area contributed by atoms with Crippen LogP contribution >= 0.6 is 0 Å². The van der Waals surface area contributed by atoms with Gasteiger partial charge < -0.3 is 19.1 Å². The Balaban J connectivity index is 0.00000529. The second-order valence-corrected chi connectivity index (χ2v) is 19.7. The maximum absolute atomic E-state index is 6.67. The molecule has 0 radical (unpaired) electrons. The number of anilines is 4. The van der Waals surface area contributed by atoms with Crippen LogP contribution < -0.4 is 14.5 Å². The minimum atomic E-state index is -0.0343. The molecule has 5 nitrogen and oxygen atoms in total. The largest absolute Gasteiger partial charge is 0.509 e. The number of hydrogen-bond donors (Lipinski definition) is 0. The number of ether oxygens (including phenoxy) is 1. The predicted molar refractivity (Wildman–Crippen MR) is 255 cm³/mol. The molecule has 0 bridgehead atoms. The van der Waals surface area contributed by atoms with E-state index in [0.717, 1.165) is 55.9 Å². The van der Waals surface area contributed by atoms with Crippen LogP contribution in [0.1, 0.15) is 90.1 Å². The third-order valence-corrected chi connectivity index (χ3v) is 12.0. The number of rotatable bonds is 6. The zero-order chi connectivity index (χ0) is 43.0. The Morgan fingerprint density at radius 3 is 1.89 bits per heavy atom. The number of nitrogens with zero attached hydrogens (tertiary/aromatic N) is 4. The molecule has 0 unspecified atom stereocenters. The second-order valence-electron chi connectivity index (χ2n) is 19.7. The fourth-order valence-corrected chi connectivity index (χ4v) is 8.62. The van der Waals surface area contributed by atoms with Crippen molar-refractivity contribution in [3.63, 3.8) is 0 Å². The average Bonchev–Trinajstić information content (AvgIpc) is 3.76. The zero-order valence-electron chi connectivity index (χ0n) is 37.7. The van der Waals surface area contributed by atoms with E-state index in [1.54, 1.807) is 0 Å². The molecule has 3 heterocycles. The van der Waals surface area contributed by atoms with E-state index < -0.39 is 0 Å². The molecule has 0 amide bonds. The van der Waals surface area contributed by atoms with Crippen LogP contribution in [0.3, 0.4) is 0 Å². The molecule has 0 aliphatic carbocycles. The number of benzene rings is 6. The minimum Gasteiger partial charge on any atom is -0.509 e. The Hall–Kier alpha value is -5.64. The van der Waals surface area contributed by atoms with Crippen molar-refractivity contribution in [3.8, 4) is 28.4 Å². The molecule has 318 valence electrons. The van der Waals surface area contributed by atoms with Gasteiger partial charge in [-0.15, -0.1) is 48.1 Å². The first-order chi connectivity index (χ1) is 28.9. The fourth-order valence-electron chi connectivity index (χ4n) is 8.62. The van der Waals surface area contributed by atoms with Crippen molar-refractivity contribution in [2.24, 2.45) is 0 Å². The van der Waals surface area contributed by atoms with Gasteiger partial charge in [-0.2, -0.15) is 12.1 Å². The molecule has 0 N–H and O–H groups in total. The Morgan fingerprint density at radius 1 is 0.565 bits per heavy atom. The summed E-state index contributed by atoms with van der Waals surface area (Å²) in [5, 5.41) is 2.24. The smallest absolute Gasteiger partial charge is 0.136 e. The Labute approximate surface area is 382 Å².